The largest absolute Gasteiger partial charge is 0.329 e. The van der Waals surface area contributed by atoms with Crippen molar-refractivity contribution >= 4 is 0 Å². The highest BCUT2D eigenvalue weighted by atomic mass is 15.2. The minimum atomic E-state index is 0.479. The summed E-state index contributed by atoms with van der Waals surface area (Å²) < 4.78 is 0. The summed E-state index contributed by atoms with van der Waals surface area (Å²) in [7, 11) is 0. The first-order valence-electron chi connectivity index (χ1n) is 8.24. The van der Waals surface area contributed by atoms with Crippen LogP contribution >= 0.6 is 0 Å². The fourth-order valence-corrected chi connectivity index (χ4v) is 3.49. The van der Waals surface area contributed by atoms with Gasteiger partial charge in [0.25, 0.3) is 0 Å². The molecule has 2 nitrogen and oxygen atoms in total. The van der Waals surface area contributed by atoms with Gasteiger partial charge in [0.15, 0.2) is 0 Å². The van der Waals surface area contributed by atoms with Gasteiger partial charge in [-0.2, -0.15) is 0 Å². The minimum absolute atomic E-state index is 0.479. The highest BCUT2D eigenvalue weighted by Crippen LogP contribution is 2.31. The molecule has 3 atom stereocenters. The van der Waals surface area contributed by atoms with Gasteiger partial charge in [-0.3, -0.25) is 4.90 Å². The zero-order valence-corrected chi connectivity index (χ0v) is 13.3. The van der Waals surface area contributed by atoms with Gasteiger partial charge in [-0.05, 0) is 49.8 Å². The normalized spacial score (nSPS) is 25.6. The molecule has 0 amide bonds. The predicted octanol–water partition coefficient (Wildman–Crippen LogP) is 3.76. The van der Waals surface area contributed by atoms with Crippen LogP contribution in [-0.2, 0) is 6.42 Å². The van der Waals surface area contributed by atoms with Crippen LogP contribution in [0.5, 0.6) is 0 Å². The van der Waals surface area contributed by atoms with Crippen molar-refractivity contribution in [2.75, 3.05) is 13.1 Å². The fraction of sp³-hybridized carbons (Fsp3) is 0.667. The molecule has 0 radical (unpaired) electrons. The second-order valence-corrected chi connectivity index (χ2v) is 6.20. The van der Waals surface area contributed by atoms with Gasteiger partial charge in [-0.1, -0.05) is 44.5 Å². The van der Waals surface area contributed by atoms with Crippen LogP contribution in [0.4, 0.5) is 0 Å². The summed E-state index contributed by atoms with van der Waals surface area (Å²) in [6.07, 6.45) is 5.00. The van der Waals surface area contributed by atoms with Gasteiger partial charge in [-0.25, -0.2) is 0 Å². The van der Waals surface area contributed by atoms with Gasteiger partial charge in [0.2, 0.25) is 0 Å². The van der Waals surface area contributed by atoms with Crippen molar-refractivity contribution in [2.24, 2.45) is 11.7 Å². The molecule has 0 aliphatic carbocycles. The van der Waals surface area contributed by atoms with E-state index in [9.17, 15) is 0 Å². The zero-order valence-electron chi connectivity index (χ0n) is 13.3. The summed E-state index contributed by atoms with van der Waals surface area (Å²) in [6.45, 7) is 8.82. The van der Waals surface area contributed by atoms with Gasteiger partial charge in [0.05, 0.1) is 0 Å². The van der Waals surface area contributed by atoms with Crippen molar-refractivity contribution in [1.29, 1.82) is 0 Å². The average molecular weight is 274 g/mol. The molecule has 2 rings (SSSR count). The van der Waals surface area contributed by atoms with Crippen molar-refractivity contribution in [3.63, 3.8) is 0 Å². The Kier molecular flexibility index (Phi) is 5.62. The Morgan fingerprint density at radius 3 is 2.50 bits per heavy atom. The van der Waals surface area contributed by atoms with E-state index in [1.54, 1.807) is 0 Å². The lowest BCUT2D eigenvalue weighted by Gasteiger charge is -2.42. The van der Waals surface area contributed by atoms with Gasteiger partial charge >= 0.3 is 0 Å². The van der Waals surface area contributed by atoms with E-state index in [-0.39, 0.29) is 0 Å². The predicted molar refractivity (Wildman–Crippen MR) is 86.8 cm³/mol. The smallest absolute Gasteiger partial charge is 0.0323 e. The van der Waals surface area contributed by atoms with Gasteiger partial charge in [0.1, 0.15) is 0 Å². The first kappa shape index (κ1) is 15.5. The Bertz CT molecular complexity index is 398. The number of likely N-dealkylation sites (tertiary alicyclic amines) is 1. The van der Waals surface area contributed by atoms with E-state index >= 15 is 0 Å². The van der Waals surface area contributed by atoms with Crippen molar-refractivity contribution < 1.29 is 0 Å². The van der Waals surface area contributed by atoms with Crippen LogP contribution in [0.1, 0.15) is 57.2 Å². The van der Waals surface area contributed by atoms with Gasteiger partial charge in [-0.15, -0.1) is 0 Å². The third-order valence-electron chi connectivity index (χ3n) is 5.09. The molecule has 1 aliphatic rings. The minimum Gasteiger partial charge on any atom is -0.329 e. The van der Waals surface area contributed by atoms with Crippen LogP contribution in [0.25, 0.3) is 0 Å². The van der Waals surface area contributed by atoms with Crippen LogP contribution < -0.4 is 5.73 Å². The Labute approximate surface area is 124 Å². The highest BCUT2D eigenvalue weighted by molar-refractivity contribution is 5.25. The molecule has 1 aromatic rings. The lowest BCUT2D eigenvalue weighted by molar-refractivity contribution is 0.0773. The molecule has 1 fully saturated rings. The molecular formula is C18H30N2. The second-order valence-electron chi connectivity index (χ2n) is 6.20. The molecule has 1 aliphatic heterocycles. The summed E-state index contributed by atoms with van der Waals surface area (Å²) in [5, 5.41) is 0. The lowest BCUT2D eigenvalue weighted by atomic mass is 9.87. The number of rotatable bonds is 5. The lowest BCUT2D eigenvalue weighted by Crippen LogP contribution is -2.47. The van der Waals surface area contributed by atoms with Crippen molar-refractivity contribution in [1.82, 2.24) is 4.90 Å². The van der Waals surface area contributed by atoms with E-state index in [1.807, 2.05) is 0 Å². The number of piperidine rings is 1. The van der Waals surface area contributed by atoms with Crippen molar-refractivity contribution in [2.45, 2.75) is 58.5 Å². The highest BCUT2D eigenvalue weighted by Gasteiger charge is 2.30. The van der Waals surface area contributed by atoms with Crippen LogP contribution in [0.15, 0.2) is 24.3 Å². The summed E-state index contributed by atoms with van der Waals surface area (Å²) in [6, 6.07) is 10.2. The number of benzene rings is 1. The first-order valence-corrected chi connectivity index (χ1v) is 8.24. The Morgan fingerprint density at radius 2 is 1.95 bits per heavy atom. The van der Waals surface area contributed by atoms with Crippen LogP contribution in [0, 0.1) is 5.92 Å². The standard InChI is InChI=1S/C18H30N2/c1-4-15-6-8-17(9-7-15)14(3)20-11-10-16(5-2)12-18(20)13-19/h6-9,14,16,18H,4-5,10-13,19H2,1-3H3. The molecular weight excluding hydrogens is 244 g/mol. The van der Waals surface area contributed by atoms with E-state index < -0.39 is 0 Å². The van der Waals surface area contributed by atoms with E-state index in [2.05, 4.69) is 49.9 Å². The third-order valence-corrected chi connectivity index (χ3v) is 5.09. The number of hydrogen-bond donors (Lipinski definition) is 1. The third kappa shape index (κ3) is 3.42. The molecule has 0 spiro atoms. The number of nitrogens with two attached hydrogens (primary N) is 1. The number of nitrogens with zero attached hydrogens (tertiary/aromatic N) is 1. The molecule has 2 N–H and O–H groups in total. The zero-order chi connectivity index (χ0) is 14.5. The summed E-state index contributed by atoms with van der Waals surface area (Å²) >= 11 is 0. The summed E-state index contributed by atoms with van der Waals surface area (Å²) in [5.74, 6) is 0.870. The molecule has 1 aromatic carbocycles. The molecule has 0 saturated carbocycles. The van der Waals surface area contributed by atoms with Crippen molar-refractivity contribution in [3.8, 4) is 0 Å². The molecule has 2 heteroatoms. The summed E-state index contributed by atoms with van der Waals surface area (Å²) in [4.78, 5) is 2.62. The van der Waals surface area contributed by atoms with E-state index in [0.29, 0.717) is 12.1 Å². The van der Waals surface area contributed by atoms with Crippen LogP contribution in [-0.4, -0.2) is 24.0 Å². The Balaban J connectivity index is 2.08. The first-order chi connectivity index (χ1) is 9.69. The summed E-state index contributed by atoms with van der Waals surface area (Å²) in [5.41, 5.74) is 8.87. The number of aryl methyl sites for hydroxylation is 1. The SMILES string of the molecule is CCc1ccc(C(C)N2CCC(CC)CC2CN)cc1. The maximum absolute atomic E-state index is 6.03. The van der Waals surface area contributed by atoms with Crippen LogP contribution in [0.3, 0.4) is 0 Å². The molecule has 112 valence electrons. The van der Waals surface area contributed by atoms with E-state index in [4.69, 9.17) is 5.73 Å². The maximum atomic E-state index is 6.03. The topological polar surface area (TPSA) is 29.3 Å². The maximum Gasteiger partial charge on any atom is 0.0323 e. The van der Waals surface area contributed by atoms with Crippen LogP contribution in [0.2, 0.25) is 0 Å². The second kappa shape index (κ2) is 7.24. The van der Waals surface area contributed by atoms with E-state index in [1.165, 1.54) is 36.9 Å². The van der Waals surface area contributed by atoms with Crippen molar-refractivity contribution in [3.05, 3.63) is 35.4 Å². The number of hydrogen-bond acceptors (Lipinski definition) is 2. The Hall–Kier alpha value is -0.860. The van der Waals surface area contributed by atoms with E-state index in [0.717, 1.165) is 18.9 Å². The Morgan fingerprint density at radius 1 is 1.25 bits per heavy atom. The molecule has 20 heavy (non-hydrogen) atoms. The van der Waals surface area contributed by atoms with Gasteiger partial charge in [0, 0.05) is 18.6 Å². The molecule has 0 bridgehead atoms. The molecule has 1 saturated heterocycles. The quantitative estimate of drug-likeness (QED) is 0.886. The molecule has 1 heterocycles. The molecule has 0 aromatic heterocycles. The fourth-order valence-electron chi connectivity index (χ4n) is 3.49. The molecule has 3 unspecified atom stereocenters. The monoisotopic (exact) mass is 274 g/mol. The average Bonchev–Trinajstić information content (AvgIpc) is 2.53. The van der Waals surface area contributed by atoms with Gasteiger partial charge < -0.3 is 5.73 Å².